The number of carbonyl (C=O) groups excluding carboxylic acids is 1. The van der Waals surface area contributed by atoms with Gasteiger partial charge in [-0.1, -0.05) is 18.6 Å². The molecule has 0 radical (unpaired) electrons. The van der Waals surface area contributed by atoms with E-state index >= 15 is 0 Å². The van der Waals surface area contributed by atoms with Crippen molar-refractivity contribution in [3.8, 4) is 0 Å². The molecule has 3 atom stereocenters. The van der Waals surface area contributed by atoms with Gasteiger partial charge in [0.15, 0.2) is 9.84 Å². The molecule has 2 aromatic rings. The van der Waals surface area contributed by atoms with Crippen molar-refractivity contribution in [1.29, 1.82) is 0 Å². The zero-order valence-electron chi connectivity index (χ0n) is 28.8. The molecule has 1 amide bonds. The van der Waals surface area contributed by atoms with Crippen LogP contribution < -0.4 is 10.2 Å². The molecule has 1 N–H and O–H groups in total. The van der Waals surface area contributed by atoms with Gasteiger partial charge in [-0.05, 0) is 112 Å². The van der Waals surface area contributed by atoms with Crippen LogP contribution in [0.15, 0.2) is 53.4 Å². The van der Waals surface area contributed by atoms with Gasteiger partial charge in [0.05, 0.1) is 38.3 Å². The lowest BCUT2D eigenvalue weighted by atomic mass is 9.57. The van der Waals surface area contributed by atoms with Crippen molar-refractivity contribution in [3.63, 3.8) is 0 Å². The summed E-state index contributed by atoms with van der Waals surface area (Å²) in [4.78, 5) is 20.1. The molecule has 0 spiro atoms. The van der Waals surface area contributed by atoms with Crippen molar-refractivity contribution >= 4 is 21.6 Å². The fraction of sp³-hybridized carbons (Fsp3) is 0.649. The first-order chi connectivity index (χ1) is 23.7. The van der Waals surface area contributed by atoms with E-state index in [0.717, 1.165) is 95.7 Å². The van der Waals surface area contributed by atoms with Gasteiger partial charge in [-0.25, -0.2) is 17.6 Å². The van der Waals surface area contributed by atoms with Gasteiger partial charge in [-0.15, -0.1) is 0 Å². The standard InChI is InChI=1S/C37H51FN4O6S/c1-46-35(43)39-34-9-4-8-33(34)37(26-40-16-5-17-40,28-6-3-7-29(38)20-28)27-14-18-41(19-15-27)23-36(47-2)24-42(25-36)30-10-12-31(13-11-30)49(44,45)32-21-48-22-32/h3,6-7,10-13,20,27,32-34H,4-5,8-9,14-19,21-26H2,1-2H3,(H,39,43)/t33-,34-,37-/m0/s1. The zero-order valence-corrected chi connectivity index (χ0v) is 29.6. The van der Waals surface area contributed by atoms with Gasteiger partial charge in [-0.2, -0.15) is 0 Å². The Morgan fingerprint density at radius 2 is 1.71 bits per heavy atom. The fourth-order valence-electron chi connectivity index (χ4n) is 9.31. The highest BCUT2D eigenvalue weighted by molar-refractivity contribution is 7.92. The molecule has 4 heterocycles. The number of hydrogen-bond donors (Lipinski definition) is 1. The first kappa shape index (κ1) is 34.7. The number of alkyl carbamates (subject to hydrolysis) is 1. The van der Waals surface area contributed by atoms with Crippen LogP contribution >= 0.6 is 0 Å². The maximum atomic E-state index is 15.0. The van der Waals surface area contributed by atoms with Crippen molar-refractivity contribution in [3.05, 3.63) is 59.9 Å². The Morgan fingerprint density at radius 1 is 0.980 bits per heavy atom. The van der Waals surface area contributed by atoms with Gasteiger partial charge in [0.2, 0.25) is 0 Å². The summed E-state index contributed by atoms with van der Waals surface area (Å²) in [5.41, 5.74) is 1.45. The summed E-state index contributed by atoms with van der Waals surface area (Å²) in [6.07, 6.45) is 5.67. The van der Waals surface area contributed by atoms with Crippen LogP contribution in [0.3, 0.4) is 0 Å². The van der Waals surface area contributed by atoms with Gasteiger partial charge in [0.25, 0.3) is 0 Å². The Bertz CT molecular complexity index is 1570. The molecule has 1 saturated carbocycles. The highest BCUT2D eigenvalue weighted by Gasteiger charge is 2.54. The number of carbonyl (C=O) groups is 1. The summed E-state index contributed by atoms with van der Waals surface area (Å²) in [6.45, 7) is 7.64. The van der Waals surface area contributed by atoms with E-state index in [0.29, 0.717) is 10.8 Å². The van der Waals surface area contributed by atoms with E-state index < -0.39 is 21.2 Å². The number of anilines is 1. The van der Waals surface area contributed by atoms with E-state index in [1.54, 1.807) is 25.3 Å². The number of likely N-dealkylation sites (tertiary alicyclic amines) is 2. The summed E-state index contributed by atoms with van der Waals surface area (Å²) in [6, 6.07) is 14.5. The second kappa shape index (κ2) is 14.1. The van der Waals surface area contributed by atoms with Crippen LogP contribution in [0.25, 0.3) is 0 Å². The second-order valence-corrected chi connectivity index (χ2v) is 17.2. The molecule has 2 aromatic carbocycles. The number of halogens is 1. The van der Waals surface area contributed by atoms with Crippen LogP contribution in [-0.2, 0) is 29.5 Å². The number of nitrogens with zero attached hydrogens (tertiary/aromatic N) is 3. The van der Waals surface area contributed by atoms with Gasteiger partial charge in [0, 0.05) is 37.3 Å². The average Bonchev–Trinajstić information content (AvgIpc) is 3.50. The van der Waals surface area contributed by atoms with Crippen LogP contribution in [0.4, 0.5) is 14.9 Å². The van der Waals surface area contributed by atoms with E-state index in [1.807, 2.05) is 18.2 Å². The van der Waals surface area contributed by atoms with Crippen LogP contribution in [-0.4, -0.2) is 121 Å². The largest absolute Gasteiger partial charge is 0.453 e. The predicted molar refractivity (Wildman–Crippen MR) is 185 cm³/mol. The molecule has 49 heavy (non-hydrogen) atoms. The molecule has 4 aliphatic heterocycles. The monoisotopic (exact) mass is 698 g/mol. The topological polar surface area (TPSA) is 101 Å². The SMILES string of the molecule is COC(=O)N[C@H]1CCC[C@@H]1[C@](CN1CCC1)(c1cccc(F)c1)C1CCN(CC2(OC)CN(c3ccc(S(=O)(=O)C4COC4)cc3)C2)CC1. The van der Waals surface area contributed by atoms with Crippen molar-refractivity contribution in [2.75, 3.05) is 84.7 Å². The van der Waals surface area contributed by atoms with E-state index in [9.17, 15) is 17.6 Å². The summed E-state index contributed by atoms with van der Waals surface area (Å²) in [5, 5.41) is 2.73. The number of piperidine rings is 1. The molecule has 0 aromatic heterocycles. The lowest BCUT2D eigenvalue weighted by Crippen LogP contribution is -2.68. The number of sulfone groups is 1. The third-order valence-corrected chi connectivity index (χ3v) is 14.3. The maximum Gasteiger partial charge on any atom is 0.407 e. The molecule has 5 fully saturated rings. The molecule has 12 heteroatoms. The van der Waals surface area contributed by atoms with Crippen LogP contribution in [0.2, 0.25) is 0 Å². The van der Waals surface area contributed by atoms with Crippen molar-refractivity contribution in [1.82, 2.24) is 15.1 Å². The molecule has 0 unspecified atom stereocenters. The minimum Gasteiger partial charge on any atom is -0.453 e. The number of amides is 1. The lowest BCUT2D eigenvalue weighted by molar-refractivity contribution is -0.0657. The van der Waals surface area contributed by atoms with Gasteiger partial charge >= 0.3 is 6.09 Å². The van der Waals surface area contributed by atoms with Crippen molar-refractivity contribution in [2.24, 2.45) is 11.8 Å². The molecular weight excluding hydrogens is 647 g/mol. The Hall–Kier alpha value is -2.77. The number of ether oxygens (including phenoxy) is 3. The molecule has 268 valence electrons. The molecule has 5 aliphatic rings. The number of methoxy groups -OCH3 is 2. The highest BCUT2D eigenvalue weighted by atomic mass is 32.2. The van der Waals surface area contributed by atoms with E-state index in [-0.39, 0.29) is 42.0 Å². The highest BCUT2D eigenvalue weighted by Crippen LogP contribution is 2.51. The quantitative estimate of drug-likeness (QED) is 0.352. The third-order valence-electron chi connectivity index (χ3n) is 12.3. The van der Waals surface area contributed by atoms with Gasteiger partial charge < -0.3 is 34.2 Å². The minimum absolute atomic E-state index is 0.0193. The summed E-state index contributed by atoms with van der Waals surface area (Å²) < 4.78 is 56.9. The van der Waals surface area contributed by atoms with Crippen molar-refractivity contribution in [2.45, 2.75) is 65.7 Å². The average molecular weight is 699 g/mol. The number of rotatable bonds is 12. The maximum absolute atomic E-state index is 15.0. The Labute approximate surface area is 290 Å². The van der Waals surface area contributed by atoms with E-state index in [2.05, 4.69) is 26.1 Å². The summed E-state index contributed by atoms with van der Waals surface area (Å²) in [5.74, 6) is 0.299. The first-order valence-electron chi connectivity index (χ1n) is 17.9. The zero-order chi connectivity index (χ0) is 34.2. The summed E-state index contributed by atoms with van der Waals surface area (Å²) in [7, 11) is -0.152. The number of nitrogens with one attached hydrogen (secondary N) is 1. The molecular formula is C37H51FN4O6S. The number of benzene rings is 2. The minimum atomic E-state index is -3.36. The van der Waals surface area contributed by atoms with Crippen molar-refractivity contribution < 1.29 is 31.8 Å². The van der Waals surface area contributed by atoms with Crippen LogP contribution in [0.1, 0.15) is 44.1 Å². The molecule has 4 saturated heterocycles. The molecule has 0 bridgehead atoms. The fourth-order valence-corrected chi connectivity index (χ4v) is 10.8. The Balaban J connectivity index is 1.05. The second-order valence-electron chi connectivity index (χ2n) is 15.0. The van der Waals surface area contributed by atoms with Crippen LogP contribution in [0.5, 0.6) is 0 Å². The van der Waals surface area contributed by atoms with Gasteiger partial charge in [-0.3, -0.25) is 0 Å². The molecule has 7 rings (SSSR count). The predicted octanol–water partition coefficient (Wildman–Crippen LogP) is 4.08. The van der Waals surface area contributed by atoms with E-state index in [4.69, 9.17) is 14.2 Å². The smallest absolute Gasteiger partial charge is 0.407 e. The summed E-state index contributed by atoms with van der Waals surface area (Å²) >= 11 is 0. The Kier molecular flexibility index (Phi) is 9.97. The normalized spacial score (nSPS) is 26.3. The number of hydrogen-bond acceptors (Lipinski definition) is 9. The lowest BCUT2D eigenvalue weighted by Gasteiger charge is -2.55. The molecule has 1 aliphatic carbocycles. The van der Waals surface area contributed by atoms with Gasteiger partial charge in [0.1, 0.15) is 16.7 Å². The molecule has 10 nitrogen and oxygen atoms in total. The third kappa shape index (κ3) is 6.71. The first-order valence-corrected chi connectivity index (χ1v) is 19.5. The van der Waals surface area contributed by atoms with E-state index in [1.165, 1.54) is 19.6 Å². The van der Waals surface area contributed by atoms with Crippen LogP contribution in [0, 0.1) is 17.7 Å². The Morgan fingerprint density at radius 3 is 2.31 bits per heavy atom.